The quantitative estimate of drug-likeness (QED) is 0.897. The number of hydrogen-bond donors (Lipinski definition) is 1. The van der Waals surface area contributed by atoms with Crippen molar-refractivity contribution in [3.63, 3.8) is 0 Å². The molecule has 1 N–H and O–H groups in total. The number of aryl methyl sites for hydroxylation is 1. The molecular weight excluding hydrogens is 346 g/mol. The van der Waals surface area contributed by atoms with Gasteiger partial charge >= 0.3 is 0 Å². The summed E-state index contributed by atoms with van der Waals surface area (Å²) in [5.74, 6) is 1.49. The lowest BCUT2D eigenvalue weighted by atomic mass is 9.95. The lowest BCUT2D eigenvalue weighted by molar-refractivity contribution is -0.119. The Kier molecular flexibility index (Phi) is 5.35. The largest absolute Gasteiger partial charge is 0.493 e. The van der Waals surface area contributed by atoms with Crippen LogP contribution in [0.15, 0.2) is 35.1 Å². The van der Waals surface area contributed by atoms with Crippen molar-refractivity contribution in [2.75, 3.05) is 21.3 Å². The minimum Gasteiger partial charge on any atom is -0.493 e. The molecule has 0 bridgehead atoms. The van der Waals surface area contributed by atoms with Crippen LogP contribution in [-0.2, 0) is 11.2 Å². The molecule has 1 amide bonds. The van der Waals surface area contributed by atoms with Crippen molar-refractivity contribution in [3.8, 4) is 28.4 Å². The van der Waals surface area contributed by atoms with Crippen molar-refractivity contribution in [1.82, 2.24) is 5.32 Å². The van der Waals surface area contributed by atoms with E-state index in [0.29, 0.717) is 30.1 Å². The van der Waals surface area contributed by atoms with Crippen LogP contribution in [0.5, 0.6) is 17.2 Å². The second kappa shape index (κ2) is 7.70. The smallest absolute Gasteiger partial charge is 0.217 e. The molecule has 3 rings (SSSR count). The molecule has 6 heteroatoms. The Labute approximate surface area is 158 Å². The Morgan fingerprint density at radius 1 is 1.07 bits per heavy atom. The number of ether oxygens (including phenoxy) is 3. The Morgan fingerprint density at radius 2 is 1.81 bits per heavy atom. The first-order valence-electron chi connectivity index (χ1n) is 8.73. The number of benzene rings is 1. The highest BCUT2D eigenvalue weighted by atomic mass is 16.5. The van der Waals surface area contributed by atoms with Crippen LogP contribution in [0.4, 0.5) is 0 Å². The normalized spacial score (nSPS) is 15.0. The van der Waals surface area contributed by atoms with Gasteiger partial charge in [-0.15, -0.1) is 0 Å². The fraction of sp³-hybridized carbons (Fsp3) is 0.333. The fourth-order valence-electron chi connectivity index (χ4n) is 3.68. The second-order valence-corrected chi connectivity index (χ2v) is 6.41. The van der Waals surface area contributed by atoms with Crippen molar-refractivity contribution in [2.45, 2.75) is 25.8 Å². The molecule has 0 aromatic heterocycles. The van der Waals surface area contributed by atoms with Crippen molar-refractivity contribution in [2.24, 2.45) is 0 Å². The molecule has 142 valence electrons. The van der Waals surface area contributed by atoms with Gasteiger partial charge in [-0.25, -0.2) is 0 Å². The topological polar surface area (TPSA) is 73.9 Å². The zero-order valence-corrected chi connectivity index (χ0v) is 15.9. The first-order valence-corrected chi connectivity index (χ1v) is 8.73. The van der Waals surface area contributed by atoms with Crippen LogP contribution in [-0.4, -0.2) is 27.2 Å². The summed E-state index contributed by atoms with van der Waals surface area (Å²) in [6.45, 7) is 1.48. The van der Waals surface area contributed by atoms with E-state index >= 15 is 0 Å². The van der Waals surface area contributed by atoms with E-state index in [1.807, 2.05) is 12.1 Å². The van der Waals surface area contributed by atoms with Crippen LogP contribution in [0.2, 0.25) is 0 Å². The third-order valence-electron chi connectivity index (χ3n) is 4.77. The zero-order valence-electron chi connectivity index (χ0n) is 15.9. The van der Waals surface area contributed by atoms with Gasteiger partial charge in [0.2, 0.25) is 11.7 Å². The van der Waals surface area contributed by atoms with Crippen molar-refractivity contribution in [3.05, 3.63) is 51.7 Å². The van der Waals surface area contributed by atoms with Crippen LogP contribution in [0.1, 0.15) is 30.5 Å². The lowest BCUT2D eigenvalue weighted by Crippen LogP contribution is -2.26. The average molecular weight is 369 g/mol. The van der Waals surface area contributed by atoms with Gasteiger partial charge in [0.05, 0.1) is 27.4 Å². The van der Waals surface area contributed by atoms with E-state index in [2.05, 4.69) is 5.32 Å². The van der Waals surface area contributed by atoms with E-state index in [-0.39, 0.29) is 17.4 Å². The van der Waals surface area contributed by atoms with E-state index in [1.54, 1.807) is 33.5 Å². The minimum absolute atomic E-state index is 0.116. The molecule has 1 aliphatic rings. The van der Waals surface area contributed by atoms with Gasteiger partial charge in [-0.05, 0) is 47.7 Å². The van der Waals surface area contributed by atoms with E-state index in [4.69, 9.17) is 14.2 Å². The molecule has 2 aromatic carbocycles. The first kappa shape index (κ1) is 18.8. The third kappa shape index (κ3) is 3.47. The molecule has 0 fully saturated rings. The monoisotopic (exact) mass is 369 g/mol. The number of carbonyl (C=O) groups is 1. The van der Waals surface area contributed by atoms with Gasteiger partial charge < -0.3 is 19.5 Å². The number of carbonyl (C=O) groups excluding carboxylic acids is 1. The van der Waals surface area contributed by atoms with Crippen molar-refractivity contribution >= 4 is 5.91 Å². The number of methoxy groups -OCH3 is 3. The molecule has 0 radical (unpaired) electrons. The van der Waals surface area contributed by atoms with Crippen LogP contribution in [0.25, 0.3) is 11.1 Å². The molecule has 1 aliphatic carbocycles. The summed E-state index contributed by atoms with van der Waals surface area (Å²) in [6, 6.07) is 8.35. The Morgan fingerprint density at radius 3 is 2.44 bits per heavy atom. The highest BCUT2D eigenvalue weighted by Crippen LogP contribution is 2.50. The van der Waals surface area contributed by atoms with E-state index < -0.39 is 0 Å². The number of rotatable bonds is 4. The zero-order chi connectivity index (χ0) is 19.6. The summed E-state index contributed by atoms with van der Waals surface area (Å²) in [4.78, 5) is 23.9. The van der Waals surface area contributed by atoms with Crippen LogP contribution < -0.4 is 25.0 Å². The summed E-state index contributed by atoms with van der Waals surface area (Å²) in [5.41, 5.74) is 3.35. The number of fused-ring (bicyclic) bond motifs is 3. The molecule has 0 saturated carbocycles. The Bertz CT molecular complexity index is 938. The fourth-order valence-corrected chi connectivity index (χ4v) is 3.68. The van der Waals surface area contributed by atoms with Crippen molar-refractivity contribution in [1.29, 1.82) is 0 Å². The summed E-state index contributed by atoms with van der Waals surface area (Å²) in [5, 5.41) is 2.97. The molecule has 27 heavy (non-hydrogen) atoms. The van der Waals surface area contributed by atoms with Gasteiger partial charge in [0, 0.05) is 12.5 Å². The van der Waals surface area contributed by atoms with Gasteiger partial charge in [0.1, 0.15) is 0 Å². The molecule has 6 nitrogen and oxygen atoms in total. The van der Waals surface area contributed by atoms with Crippen LogP contribution in [0, 0.1) is 0 Å². The Balaban J connectivity index is 2.38. The van der Waals surface area contributed by atoms with Crippen molar-refractivity contribution < 1.29 is 19.0 Å². The predicted molar refractivity (Wildman–Crippen MR) is 103 cm³/mol. The molecule has 1 unspecified atom stereocenters. The standard InChI is InChI=1S/C21H23NO5/c1-12(23)22-17-9-8-13-10-18(25-2)20(26-3)21(27-4)19(13)15-7-5-6-14(24)11-16(15)17/h5-7,10-11,17H,8-9H2,1-4H3,(H,22,23). The SMILES string of the molecule is COc1cc2c(c(OC)c1OC)-c1cccc(=O)cc1C(NC(C)=O)CC2. The molecule has 0 aliphatic heterocycles. The summed E-state index contributed by atoms with van der Waals surface area (Å²) in [7, 11) is 4.72. The maximum absolute atomic E-state index is 12.2. The Hall–Kier alpha value is -3.02. The highest BCUT2D eigenvalue weighted by molar-refractivity contribution is 5.83. The maximum atomic E-state index is 12.2. The minimum atomic E-state index is -0.272. The third-order valence-corrected chi connectivity index (χ3v) is 4.77. The van der Waals surface area contributed by atoms with Gasteiger partial charge in [-0.1, -0.05) is 12.1 Å². The maximum Gasteiger partial charge on any atom is 0.217 e. The number of nitrogens with one attached hydrogen (secondary N) is 1. The molecular formula is C21H23NO5. The average Bonchev–Trinajstić information content (AvgIpc) is 2.91. The molecule has 1 atom stereocenters. The second-order valence-electron chi connectivity index (χ2n) is 6.41. The summed E-state index contributed by atoms with van der Waals surface area (Å²) in [6.07, 6.45) is 1.34. The number of amides is 1. The van der Waals surface area contributed by atoms with Gasteiger partial charge in [-0.2, -0.15) is 0 Å². The summed E-state index contributed by atoms with van der Waals surface area (Å²) >= 11 is 0. The van der Waals surface area contributed by atoms with Crippen LogP contribution >= 0.6 is 0 Å². The lowest BCUT2D eigenvalue weighted by Gasteiger charge is -2.19. The first-order chi connectivity index (χ1) is 13.0. The predicted octanol–water partition coefficient (Wildman–Crippen LogP) is 2.86. The summed E-state index contributed by atoms with van der Waals surface area (Å²) < 4.78 is 16.7. The van der Waals surface area contributed by atoms with Gasteiger partial charge in [0.25, 0.3) is 0 Å². The molecule has 0 saturated heterocycles. The van der Waals surface area contributed by atoms with Crippen LogP contribution in [0.3, 0.4) is 0 Å². The molecule has 0 spiro atoms. The van der Waals surface area contributed by atoms with E-state index in [0.717, 1.165) is 22.3 Å². The van der Waals surface area contributed by atoms with E-state index in [1.165, 1.54) is 13.0 Å². The molecule has 0 heterocycles. The number of hydrogen-bond acceptors (Lipinski definition) is 5. The van der Waals surface area contributed by atoms with Gasteiger partial charge in [0.15, 0.2) is 16.9 Å². The molecule has 2 aromatic rings. The van der Waals surface area contributed by atoms with E-state index in [9.17, 15) is 9.59 Å². The van der Waals surface area contributed by atoms with Gasteiger partial charge in [-0.3, -0.25) is 9.59 Å². The highest BCUT2D eigenvalue weighted by Gasteiger charge is 2.28.